The molecule has 1 aliphatic rings. The third kappa shape index (κ3) is 6.92. The van der Waals surface area contributed by atoms with Crippen LogP contribution in [0.4, 0.5) is 0 Å². The number of aliphatic hydroxyl groups is 1. The van der Waals surface area contributed by atoms with Gasteiger partial charge in [-0.15, -0.1) is 0 Å². The first-order chi connectivity index (χ1) is 12.3. The van der Waals surface area contributed by atoms with Crippen molar-refractivity contribution in [3.63, 3.8) is 0 Å². The van der Waals surface area contributed by atoms with E-state index in [1.54, 1.807) is 0 Å². The van der Waals surface area contributed by atoms with Crippen LogP contribution in [0, 0.1) is 17.8 Å². The van der Waals surface area contributed by atoms with E-state index in [1.807, 2.05) is 13.8 Å². The van der Waals surface area contributed by atoms with Gasteiger partial charge in [0.1, 0.15) is 12.1 Å². The molecule has 0 aromatic heterocycles. The lowest BCUT2D eigenvalue weighted by Gasteiger charge is -2.28. The highest BCUT2D eigenvalue weighted by Crippen LogP contribution is 2.27. The molecule has 1 aliphatic carbocycles. The molecule has 150 valence electrons. The number of carbonyl (C=O) groups is 3. The van der Waals surface area contributed by atoms with Crippen LogP contribution in [0.25, 0.3) is 0 Å². The topological polar surface area (TPSA) is 128 Å². The SMILES string of the molecule is CNC(=O)[C@H](CC1CCCCC1)NC(=O)[C@H](CC(C)C)[C@H](O)C(=O)NO. The summed E-state index contributed by atoms with van der Waals surface area (Å²) in [6.45, 7) is 3.73. The molecule has 0 radical (unpaired) electrons. The monoisotopic (exact) mass is 371 g/mol. The Hall–Kier alpha value is -1.67. The van der Waals surface area contributed by atoms with Crippen molar-refractivity contribution in [2.24, 2.45) is 17.8 Å². The van der Waals surface area contributed by atoms with Crippen LogP contribution in [0.15, 0.2) is 0 Å². The Labute approximate surface area is 155 Å². The Balaban J connectivity index is 2.84. The number of hydroxylamine groups is 1. The second-order valence-corrected chi connectivity index (χ2v) is 7.57. The van der Waals surface area contributed by atoms with E-state index in [0.717, 1.165) is 25.7 Å². The first-order valence-electron chi connectivity index (χ1n) is 9.44. The number of hydrogen-bond donors (Lipinski definition) is 5. The molecule has 1 fully saturated rings. The Kier molecular flexibility index (Phi) is 9.58. The molecule has 0 unspecified atom stereocenters. The Bertz CT molecular complexity index is 477. The van der Waals surface area contributed by atoms with E-state index >= 15 is 0 Å². The maximum Gasteiger partial charge on any atom is 0.272 e. The van der Waals surface area contributed by atoms with Crippen molar-refractivity contribution in [2.45, 2.75) is 70.9 Å². The van der Waals surface area contributed by atoms with Gasteiger partial charge in [-0.05, 0) is 24.7 Å². The van der Waals surface area contributed by atoms with Gasteiger partial charge < -0.3 is 15.7 Å². The number of rotatable bonds is 9. The van der Waals surface area contributed by atoms with Gasteiger partial charge in [-0.3, -0.25) is 19.6 Å². The Morgan fingerprint density at radius 2 is 1.65 bits per heavy atom. The molecule has 3 amide bonds. The highest BCUT2D eigenvalue weighted by molar-refractivity contribution is 5.92. The molecule has 0 aromatic carbocycles. The molecule has 3 atom stereocenters. The fourth-order valence-corrected chi connectivity index (χ4v) is 3.58. The lowest BCUT2D eigenvalue weighted by molar-refractivity contribution is -0.147. The smallest absolute Gasteiger partial charge is 0.272 e. The largest absolute Gasteiger partial charge is 0.382 e. The van der Waals surface area contributed by atoms with Crippen molar-refractivity contribution in [3.05, 3.63) is 0 Å². The average molecular weight is 371 g/mol. The summed E-state index contributed by atoms with van der Waals surface area (Å²) in [5.74, 6) is -2.49. The number of hydrogen-bond acceptors (Lipinski definition) is 5. The summed E-state index contributed by atoms with van der Waals surface area (Å²) < 4.78 is 0. The van der Waals surface area contributed by atoms with E-state index in [4.69, 9.17) is 5.21 Å². The van der Waals surface area contributed by atoms with Crippen molar-refractivity contribution in [1.29, 1.82) is 0 Å². The zero-order valence-corrected chi connectivity index (χ0v) is 16.0. The summed E-state index contributed by atoms with van der Waals surface area (Å²) in [7, 11) is 1.52. The first-order valence-corrected chi connectivity index (χ1v) is 9.44. The maximum atomic E-state index is 12.7. The summed E-state index contributed by atoms with van der Waals surface area (Å²) >= 11 is 0. The molecule has 8 heteroatoms. The number of aliphatic hydroxyl groups excluding tert-OH is 1. The molecule has 26 heavy (non-hydrogen) atoms. The predicted octanol–water partition coefficient (Wildman–Crippen LogP) is 0.716. The second-order valence-electron chi connectivity index (χ2n) is 7.57. The molecular formula is C18H33N3O5. The van der Waals surface area contributed by atoms with E-state index in [9.17, 15) is 19.5 Å². The molecular weight excluding hydrogens is 338 g/mol. The average Bonchev–Trinajstić information content (AvgIpc) is 2.64. The van der Waals surface area contributed by atoms with Gasteiger partial charge >= 0.3 is 0 Å². The lowest BCUT2D eigenvalue weighted by Crippen LogP contribution is -2.52. The first kappa shape index (κ1) is 22.4. The number of likely N-dealkylation sites (N-methyl/N-ethyl adjacent to an activating group) is 1. The molecule has 0 spiro atoms. The molecule has 0 saturated heterocycles. The van der Waals surface area contributed by atoms with Crippen LogP contribution in [0.1, 0.15) is 58.8 Å². The van der Waals surface area contributed by atoms with Gasteiger partial charge in [-0.25, -0.2) is 5.48 Å². The van der Waals surface area contributed by atoms with Crippen LogP contribution < -0.4 is 16.1 Å². The van der Waals surface area contributed by atoms with Crippen LogP contribution in [-0.2, 0) is 14.4 Å². The predicted molar refractivity (Wildman–Crippen MR) is 96.1 cm³/mol. The van der Waals surface area contributed by atoms with Gasteiger partial charge in [0.2, 0.25) is 11.8 Å². The fraction of sp³-hybridized carbons (Fsp3) is 0.833. The lowest BCUT2D eigenvalue weighted by atomic mass is 9.84. The van der Waals surface area contributed by atoms with Gasteiger partial charge in [0.25, 0.3) is 5.91 Å². The summed E-state index contributed by atoms with van der Waals surface area (Å²) in [6, 6.07) is -0.699. The van der Waals surface area contributed by atoms with Gasteiger partial charge in [-0.2, -0.15) is 0 Å². The van der Waals surface area contributed by atoms with Crippen molar-refractivity contribution >= 4 is 17.7 Å². The molecule has 0 heterocycles. The number of amides is 3. The molecule has 1 saturated carbocycles. The highest BCUT2D eigenvalue weighted by atomic mass is 16.5. The Morgan fingerprint density at radius 3 is 2.15 bits per heavy atom. The van der Waals surface area contributed by atoms with E-state index in [-0.39, 0.29) is 18.2 Å². The van der Waals surface area contributed by atoms with Gasteiger partial charge in [-0.1, -0.05) is 46.0 Å². The van der Waals surface area contributed by atoms with Gasteiger partial charge in [0.05, 0.1) is 5.92 Å². The standard InChI is InChI=1S/C18H33N3O5/c1-11(2)9-13(15(22)18(25)21-26)16(23)20-14(17(24)19-3)10-12-7-5-4-6-8-12/h11-15,22,26H,4-10H2,1-3H3,(H,19,24)(H,20,23)(H,21,25)/t13-,14+,15+/m1/s1. The van der Waals surface area contributed by atoms with Crippen LogP contribution >= 0.6 is 0 Å². The highest BCUT2D eigenvalue weighted by Gasteiger charge is 2.35. The van der Waals surface area contributed by atoms with Crippen LogP contribution in [-0.4, -0.2) is 47.2 Å². The fourth-order valence-electron chi connectivity index (χ4n) is 3.58. The van der Waals surface area contributed by atoms with Crippen molar-refractivity contribution in [3.8, 4) is 0 Å². The van der Waals surface area contributed by atoms with Gasteiger partial charge in [0, 0.05) is 7.05 Å². The zero-order chi connectivity index (χ0) is 19.7. The van der Waals surface area contributed by atoms with Crippen molar-refractivity contribution in [1.82, 2.24) is 16.1 Å². The quantitative estimate of drug-likeness (QED) is 0.301. The van der Waals surface area contributed by atoms with Gasteiger partial charge in [0.15, 0.2) is 0 Å². The molecule has 0 aliphatic heterocycles. The third-order valence-corrected chi connectivity index (χ3v) is 5.00. The van der Waals surface area contributed by atoms with E-state index < -0.39 is 29.9 Å². The van der Waals surface area contributed by atoms with Crippen molar-refractivity contribution in [2.75, 3.05) is 7.05 Å². The van der Waals surface area contributed by atoms with Crippen LogP contribution in [0.3, 0.4) is 0 Å². The minimum absolute atomic E-state index is 0.0451. The van der Waals surface area contributed by atoms with E-state index in [2.05, 4.69) is 10.6 Å². The molecule has 0 aromatic rings. The maximum absolute atomic E-state index is 12.7. The summed E-state index contributed by atoms with van der Waals surface area (Å²) in [5.41, 5.74) is 1.38. The number of nitrogens with one attached hydrogen (secondary N) is 3. The minimum Gasteiger partial charge on any atom is -0.382 e. The van der Waals surface area contributed by atoms with Crippen LogP contribution in [0.2, 0.25) is 0 Å². The second kappa shape index (κ2) is 11.1. The summed E-state index contributed by atoms with van der Waals surface area (Å²) in [5, 5.41) is 24.1. The molecule has 8 nitrogen and oxygen atoms in total. The van der Waals surface area contributed by atoms with Crippen LogP contribution in [0.5, 0.6) is 0 Å². The molecule has 0 bridgehead atoms. The van der Waals surface area contributed by atoms with E-state index in [0.29, 0.717) is 12.3 Å². The summed E-state index contributed by atoms with van der Waals surface area (Å²) in [4.78, 5) is 36.5. The zero-order valence-electron chi connectivity index (χ0n) is 16.0. The molecule has 5 N–H and O–H groups in total. The molecule has 1 rings (SSSR count). The third-order valence-electron chi connectivity index (χ3n) is 5.00. The van der Waals surface area contributed by atoms with E-state index in [1.165, 1.54) is 18.9 Å². The number of carbonyl (C=O) groups excluding carboxylic acids is 3. The van der Waals surface area contributed by atoms with Crippen molar-refractivity contribution < 1.29 is 24.7 Å². The minimum atomic E-state index is -1.68. The summed E-state index contributed by atoms with van der Waals surface area (Å²) in [6.07, 6.45) is 4.65. The Morgan fingerprint density at radius 1 is 1.04 bits per heavy atom. The normalized spacial score (nSPS) is 18.7.